The van der Waals surface area contributed by atoms with Crippen LogP contribution in [0.1, 0.15) is 18.9 Å². The number of aryl methyl sites for hydroxylation is 1. The molecule has 1 saturated heterocycles. The minimum absolute atomic E-state index is 0.198. The number of hydrogen-bond acceptors (Lipinski definition) is 5. The van der Waals surface area contributed by atoms with E-state index in [1.807, 2.05) is 23.1 Å². The highest BCUT2D eigenvalue weighted by Gasteiger charge is 2.24. The van der Waals surface area contributed by atoms with Crippen molar-refractivity contribution >= 4 is 5.91 Å². The predicted octanol–water partition coefficient (Wildman–Crippen LogP) is 1.82. The summed E-state index contributed by atoms with van der Waals surface area (Å²) in [5.74, 6) is 1.62. The van der Waals surface area contributed by atoms with Crippen molar-refractivity contribution in [3.05, 3.63) is 23.8 Å². The number of hydrogen-bond donors (Lipinski definition) is 0. The van der Waals surface area contributed by atoms with Crippen LogP contribution in [0.3, 0.4) is 0 Å². The fourth-order valence-corrected chi connectivity index (χ4v) is 3.31. The molecule has 1 fully saturated rings. The van der Waals surface area contributed by atoms with E-state index in [9.17, 15) is 4.79 Å². The third-order valence-corrected chi connectivity index (χ3v) is 4.79. The van der Waals surface area contributed by atoms with Crippen LogP contribution in [-0.2, 0) is 16.0 Å². The maximum Gasteiger partial charge on any atom is 0.222 e. The van der Waals surface area contributed by atoms with E-state index in [2.05, 4.69) is 11.8 Å². The van der Waals surface area contributed by atoms with Crippen LogP contribution in [0.2, 0.25) is 0 Å². The molecule has 1 aliphatic rings. The van der Waals surface area contributed by atoms with Crippen LogP contribution < -0.4 is 9.47 Å². The lowest BCUT2D eigenvalue weighted by atomic mass is 10.1. The molecule has 0 radical (unpaired) electrons. The average molecular weight is 350 g/mol. The average Bonchev–Trinajstić information content (AvgIpc) is 2.65. The van der Waals surface area contributed by atoms with Gasteiger partial charge in [-0.15, -0.1) is 0 Å². The number of carbonyl (C=O) groups is 1. The first-order chi connectivity index (χ1) is 12.1. The summed E-state index contributed by atoms with van der Waals surface area (Å²) in [7, 11) is 4.98. The molecule has 1 amide bonds. The van der Waals surface area contributed by atoms with Gasteiger partial charge in [-0.1, -0.05) is 12.1 Å². The zero-order valence-electron chi connectivity index (χ0n) is 15.8. The molecule has 0 aromatic heterocycles. The number of nitrogens with zero attached hydrogens (tertiary/aromatic N) is 2. The molecule has 0 spiro atoms. The van der Waals surface area contributed by atoms with Crippen LogP contribution in [-0.4, -0.2) is 75.9 Å². The minimum atomic E-state index is 0.198. The maximum absolute atomic E-state index is 12.5. The van der Waals surface area contributed by atoms with Gasteiger partial charge in [-0.05, 0) is 25.0 Å². The molecular formula is C19H30N2O4. The molecule has 1 atom stereocenters. The number of rotatable bonds is 8. The van der Waals surface area contributed by atoms with E-state index < -0.39 is 0 Å². The Balaban J connectivity index is 1.86. The molecule has 1 aliphatic heterocycles. The van der Waals surface area contributed by atoms with E-state index in [0.717, 1.165) is 44.1 Å². The summed E-state index contributed by atoms with van der Waals surface area (Å²) in [5.41, 5.74) is 1.00. The van der Waals surface area contributed by atoms with Gasteiger partial charge >= 0.3 is 0 Å². The molecule has 1 aromatic carbocycles. The van der Waals surface area contributed by atoms with Crippen LogP contribution in [0, 0.1) is 0 Å². The van der Waals surface area contributed by atoms with Crippen molar-refractivity contribution in [1.29, 1.82) is 0 Å². The highest BCUT2D eigenvalue weighted by molar-refractivity contribution is 5.76. The Kier molecular flexibility index (Phi) is 7.52. The molecule has 1 heterocycles. The van der Waals surface area contributed by atoms with E-state index in [0.29, 0.717) is 24.6 Å². The molecule has 0 bridgehead atoms. The largest absolute Gasteiger partial charge is 0.493 e. The summed E-state index contributed by atoms with van der Waals surface area (Å²) >= 11 is 0. The molecule has 2 rings (SSSR count). The molecule has 6 nitrogen and oxygen atoms in total. The lowest BCUT2D eigenvalue weighted by Crippen LogP contribution is -2.52. The molecule has 0 saturated carbocycles. The Morgan fingerprint density at radius 1 is 1.12 bits per heavy atom. The first kappa shape index (κ1) is 19.5. The summed E-state index contributed by atoms with van der Waals surface area (Å²) in [6.45, 7) is 6.25. The van der Waals surface area contributed by atoms with Crippen molar-refractivity contribution in [2.75, 3.05) is 54.1 Å². The standard InChI is InChI=1S/C19H30N2O4/c1-15(14-23-2)20-10-12-21(13-11-20)18(22)9-8-16-6-5-7-17(24-3)19(16)25-4/h5-7,15H,8-14H2,1-4H3. The topological polar surface area (TPSA) is 51.2 Å². The fourth-order valence-electron chi connectivity index (χ4n) is 3.31. The van der Waals surface area contributed by atoms with E-state index in [1.54, 1.807) is 21.3 Å². The second kappa shape index (κ2) is 9.63. The van der Waals surface area contributed by atoms with Crippen molar-refractivity contribution in [3.63, 3.8) is 0 Å². The number of piperazine rings is 1. The number of amides is 1. The van der Waals surface area contributed by atoms with Crippen molar-refractivity contribution in [2.45, 2.75) is 25.8 Å². The number of ether oxygens (including phenoxy) is 3. The van der Waals surface area contributed by atoms with E-state index in [-0.39, 0.29) is 5.91 Å². The summed E-state index contributed by atoms with van der Waals surface area (Å²) in [6, 6.07) is 6.17. The second-order valence-electron chi connectivity index (χ2n) is 6.37. The highest BCUT2D eigenvalue weighted by atomic mass is 16.5. The fraction of sp³-hybridized carbons (Fsp3) is 0.632. The van der Waals surface area contributed by atoms with Crippen LogP contribution in [0.15, 0.2) is 18.2 Å². The minimum Gasteiger partial charge on any atom is -0.493 e. The van der Waals surface area contributed by atoms with Crippen LogP contribution in [0.25, 0.3) is 0 Å². The third kappa shape index (κ3) is 5.09. The van der Waals surface area contributed by atoms with Gasteiger partial charge < -0.3 is 19.1 Å². The van der Waals surface area contributed by atoms with Crippen molar-refractivity contribution in [3.8, 4) is 11.5 Å². The predicted molar refractivity (Wildman–Crippen MR) is 97.4 cm³/mol. The number of benzene rings is 1. The van der Waals surface area contributed by atoms with Gasteiger partial charge in [0.15, 0.2) is 11.5 Å². The molecule has 0 aliphatic carbocycles. The van der Waals surface area contributed by atoms with Gasteiger partial charge in [-0.3, -0.25) is 9.69 Å². The SMILES string of the molecule is COCC(C)N1CCN(C(=O)CCc2cccc(OC)c2OC)CC1. The van der Waals surface area contributed by atoms with Crippen molar-refractivity contribution in [1.82, 2.24) is 9.80 Å². The Labute approximate surface area is 150 Å². The lowest BCUT2D eigenvalue weighted by Gasteiger charge is -2.37. The summed E-state index contributed by atoms with van der Waals surface area (Å²) in [6.07, 6.45) is 1.14. The zero-order valence-corrected chi connectivity index (χ0v) is 15.8. The first-order valence-electron chi connectivity index (χ1n) is 8.81. The monoisotopic (exact) mass is 350 g/mol. The van der Waals surface area contributed by atoms with Crippen LogP contribution >= 0.6 is 0 Å². The zero-order chi connectivity index (χ0) is 18.2. The van der Waals surface area contributed by atoms with Gasteiger partial charge in [0.25, 0.3) is 0 Å². The highest BCUT2D eigenvalue weighted by Crippen LogP contribution is 2.31. The van der Waals surface area contributed by atoms with E-state index in [4.69, 9.17) is 14.2 Å². The molecule has 6 heteroatoms. The van der Waals surface area contributed by atoms with Crippen LogP contribution in [0.5, 0.6) is 11.5 Å². The number of para-hydroxylation sites is 1. The van der Waals surface area contributed by atoms with E-state index in [1.165, 1.54) is 0 Å². The molecule has 25 heavy (non-hydrogen) atoms. The summed E-state index contributed by atoms with van der Waals surface area (Å²) in [5, 5.41) is 0. The Morgan fingerprint density at radius 2 is 1.84 bits per heavy atom. The Hall–Kier alpha value is -1.79. The molecule has 1 unspecified atom stereocenters. The Bertz CT molecular complexity index is 556. The van der Waals surface area contributed by atoms with Gasteiger partial charge in [0.2, 0.25) is 5.91 Å². The second-order valence-corrected chi connectivity index (χ2v) is 6.37. The van der Waals surface area contributed by atoms with Gasteiger partial charge in [0.1, 0.15) is 0 Å². The summed E-state index contributed by atoms with van der Waals surface area (Å²) in [4.78, 5) is 16.9. The lowest BCUT2D eigenvalue weighted by molar-refractivity contribution is -0.133. The summed E-state index contributed by atoms with van der Waals surface area (Å²) < 4.78 is 16.0. The van der Waals surface area contributed by atoms with Gasteiger partial charge in [0, 0.05) is 45.8 Å². The van der Waals surface area contributed by atoms with Gasteiger partial charge in [-0.2, -0.15) is 0 Å². The molecule has 140 valence electrons. The van der Waals surface area contributed by atoms with E-state index >= 15 is 0 Å². The molecule has 0 N–H and O–H groups in total. The third-order valence-electron chi connectivity index (χ3n) is 4.79. The molecular weight excluding hydrogens is 320 g/mol. The van der Waals surface area contributed by atoms with Gasteiger partial charge in [0.05, 0.1) is 20.8 Å². The van der Waals surface area contributed by atoms with Gasteiger partial charge in [-0.25, -0.2) is 0 Å². The normalized spacial score (nSPS) is 16.6. The quantitative estimate of drug-likeness (QED) is 0.716. The molecule has 1 aromatic rings. The Morgan fingerprint density at radius 3 is 2.44 bits per heavy atom. The van der Waals surface area contributed by atoms with Crippen molar-refractivity contribution < 1.29 is 19.0 Å². The number of carbonyl (C=O) groups excluding carboxylic acids is 1. The van der Waals surface area contributed by atoms with Crippen molar-refractivity contribution in [2.24, 2.45) is 0 Å². The number of methoxy groups -OCH3 is 3. The smallest absolute Gasteiger partial charge is 0.222 e. The maximum atomic E-state index is 12.5. The first-order valence-corrected chi connectivity index (χ1v) is 8.81. The van der Waals surface area contributed by atoms with Crippen LogP contribution in [0.4, 0.5) is 0 Å².